The average molecular weight is 422 g/mol. The molecule has 0 spiro atoms. The lowest BCUT2D eigenvalue weighted by molar-refractivity contribution is 0.179. The largest absolute Gasteiger partial charge is 0.477 e. The molecule has 0 saturated carbocycles. The van der Waals surface area contributed by atoms with Gasteiger partial charge in [-0.2, -0.15) is 0 Å². The van der Waals surface area contributed by atoms with Crippen LogP contribution in [0.1, 0.15) is 25.8 Å². The molecule has 0 amide bonds. The van der Waals surface area contributed by atoms with E-state index in [9.17, 15) is 0 Å². The monoisotopic (exact) mass is 422 g/mol. The second-order valence-electron chi connectivity index (χ2n) is 4.74. The summed E-state index contributed by atoms with van der Waals surface area (Å²) < 4.78 is 10.7. The number of ether oxygens (including phenoxy) is 2. The maximum Gasteiger partial charge on any atom is 0.218 e. The van der Waals surface area contributed by atoms with Gasteiger partial charge in [-0.1, -0.05) is 13.0 Å². The molecule has 1 unspecified atom stereocenters. The Morgan fingerprint density at radius 3 is 2.86 bits per heavy atom. The summed E-state index contributed by atoms with van der Waals surface area (Å²) in [5.74, 6) is 1.40. The molecule has 126 valence electrons. The molecule has 0 fully saturated rings. The van der Waals surface area contributed by atoms with E-state index in [1.165, 1.54) is 0 Å². The molecule has 0 radical (unpaired) electrons. The van der Waals surface area contributed by atoms with Gasteiger partial charge in [-0.05, 0) is 19.4 Å². The van der Waals surface area contributed by atoms with E-state index in [0.29, 0.717) is 25.6 Å². The minimum atomic E-state index is 0. The van der Waals surface area contributed by atoms with Crippen LogP contribution in [-0.4, -0.2) is 44.4 Å². The van der Waals surface area contributed by atoms with Gasteiger partial charge in [-0.15, -0.1) is 24.0 Å². The highest BCUT2D eigenvalue weighted by atomic mass is 127. The van der Waals surface area contributed by atoms with E-state index < -0.39 is 0 Å². The third-order valence-electron chi connectivity index (χ3n) is 2.76. The quantitative estimate of drug-likeness (QED) is 0.382. The molecule has 1 aromatic rings. The second-order valence-corrected chi connectivity index (χ2v) is 4.74. The van der Waals surface area contributed by atoms with Crippen LogP contribution >= 0.6 is 24.0 Å². The maximum atomic E-state index is 5.64. The molecule has 6 nitrogen and oxygen atoms in total. The Morgan fingerprint density at radius 1 is 1.45 bits per heavy atom. The van der Waals surface area contributed by atoms with Crippen molar-refractivity contribution in [3.8, 4) is 5.88 Å². The molecule has 0 saturated heterocycles. The van der Waals surface area contributed by atoms with Crippen molar-refractivity contribution in [2.24, 2.45) is 4.99 Å². The lowest BCUT2D eigenvalue weighted by Gasteiger charge is -2.17. The fraction of sp³-hybridized carbons (Fsp3) is 0.600. The molecule has 7 heteroatoms. The zero-order valence-electron chi connectivity index (χ0n) is 13.8. The highest BCUT2D eigenvalue weighted by Gasteiger charge is 2.07. The predicted molar refractivity (Wildman–Crippen MR) is 100 cm³/mol. The predicted octanol–water partition coefficient (Wildman–Crippen LogP) is 2.19. The molecule has 1 rings (SSSR count). The van der Waals surface area contributed by atoms with Crippen molar-refractivity contribution in [3.05, 3.63) is 23.9 Å². The second kappa shape index (κ2) is 12.5. The van der Waals surface area contributed by atoms with Crippen LogP contribution in [-0.2, 0) is 11.3 Å². The number of halogens is 1. The smallest absolute Gasteiger partial charge is 0.218 e. The standard InChI is InChI=1S/C15H26N4O2.HI/c1-5-9-21-14-13(7-6-8-17-14)10-18-15(16-3)19-12(2)11-20-4;/h6-8,12H,5,9-11H2,1-4H3,(H2,16,18,19);1H. The van der Waals surface area contributed by atoms with Gasteiger partial charge in [-0.3, -0.25) is 4.99 Å². The summed E-state index contributed by atoms with van der Waals surface area (Å²) in [5.41, 5.74) is 1.01. The molecule has 0 bridgehead atoms. The summed E-state index contributed by atoms with van der Waals surface area (Å²) in [4.78, 5) is 8.46. The SMILES string of the molecule is CCCOc1ncccc1CNC(=NC)NC(C)COC.I. The van der Waals surface area contributed by atoms with Crippen molar-refractivity contribution < 1.29 is 9.47 Å². The first-order chi connectivity index (χ1) is 10.2. The highest BCUT2D eigenvalue weighted by Crippen LogP contribution is 2.14. The number of aliphatic imine (C=N–C) groups is 1. The summed E-state index contributed by atoms with van der Waals surface area (Å²) >= 11 is 0. The molecule has 0 aliphatic heterocycles. The summed E-state index contributed by atoms with van der Waals surface area (Å²) in [6.45, 7) is 6.01. The van der Waals surface area contributed by atoms with Crippen molar-refractivity contribution >= 4 is 29.9 Å². The number of hydrogen-bond acceptors (Lipinski definition) is 4. The van der Waals surface area contributed by atoms with Gasteiger partial charge in [0.2, 0.25) is 5.88 Å². The molecule has 22 heavy (non-hydrogen) atoms. The molecular weight excluding hydrogens is 395 g/mol. The van der Waals surface area contributed by atoms with Crippen LogP contribution in [0.4, 0.5) is 0 Å². The van der Waals surface area contributed by atoms with Crippen LogP contribution in [0, 0.1) is 0 Å². The van der Waals surface area contributed by atoms with Gasteiger partial charge in [0.15, 0.2) is 5.96 Å². The Kier molecular flexibility index (Phi) is 11.8. The zero-order valence-corrected chi connectivity index (χ0v) is 16.1. The molecular formula is C15H27IN4O2. The van der Waals surface area contributed by atoms with E-state index in [2.05, 4.69) is 27.5 Å². The van der Waals surface area contributed by atoms with E-state index in [1.807, 2.05) is 19.1 Å². The number of nitrogens with one attached hydrogen (secondary N) is 2. The van der Waals surface area contributed by atoms with Crippen molar-refractivity contribution in [3.63, 3.8) is 0 Å². The number of nitrogens with zero attached hydrogens (tertiary/aromatic N) is 2. The van der Waals surface area contributed by atoms with E-state index in [1.54, 1.807) is 20.4 Å². The van der Waals surface area contributed by atoms with E-state index in [4.69, 9.17) is 9.47 Å². The summed E-state index contributed by atoms with van der Waals surface area (Å²) in [7, 11) is 3.42. The zero-order chi connectivity index (χ0) is 15.5. The molecule has 1 aromatic heterocycles. The van der Waals surface area contributed by atoms with Crippen LogP contribution in [0.15, 0.2) is 23.3 Å². The molecule has 0 aliphatic carbocycles. The Hall–Kier alpha value is -1.09. The number of hydrogen-bond donors (Lipinski definition) is 2. The Labute approximate surface area is 150 Å². The lowest BCUT2D eigenvalue weighted by Crippen LogP contribution is -2.43. The minimum Gasteiger partial charge on any atom is -0.477 e. The van der Waals surface area contributed by atoms with Gasteiger partial charge in [0.25, 0.3) is 0 Å². The fourth-order valence-corrected chi connectivity index (χ4v) is 1.79. The first kappa shape index (κ1) is 20.9. The number of aromatic nitrogens is 1. The van der Waals surface area contributed by atoms with E-state index in [-0.39, 0.29) is 30.0 Å². The minimum absolute atomic E-state index is 0. The normalized spacial score (nSPS) is 12.3. The molecule has 0 aromatic carbocycles. The number of guanidine groups is 1. The molecule has 2 N–H and O–H groups in total. The van der Waals surface area contributed by atoms with Crippen molar-refractivity contribution in [2.75, 3.05) is 27.4 Å². The third-order valence-corrected chi connectivity index (χ3v) is 2.76. The van der Waals surface area contributed by atoms with Gasteiger partial charge in [0.05, 0.1) is 13.2 Å². The fourth-order valence-electron chi connectivity index (χ4n) is 1.79. The van der Waals surface area contributed by atoms with Crippen LogP contribution in [0.5, 0.6) is 5.88 Å². The first-order valence-corrected chi connectivity index (χ1v) is 7.24. The van der Waals surface area contributed by atoms with Gasteiger partial charge in [0.1, 0.15) is 0 Å². The topological polar surface area (TPSA) is 67.8 Å². The maximum absolute atomic E-state index is 5.64. The van der Waals surface area contributed by atoms with Gasteiger partial charge in [0, 0.05) is 38.5 Å². The summed E-state index contributed by atoms with van der Waals surface area (Å²) in [5, 5.41) is 6.51. The van der Waals surface area contributed by atoms with Gasteiger partial charge >= 0.3 is 0 Å². The Bertz CT molecular complexity index is 443. The molecule has 0 aliphatic rings. The highest BCUT2D eigenvalue weighted by molar-refractivity contribution is 14.0. The van der Waals surface area contributed by atoms with Gasteiger partial charge in [-0.25, -0.2) is 4.98 Å². The van der Waals surface area contributed by atoms with Crippen LogP contribution in [0.2, 0.25) is 0 Å². The summed E-state index contributed by atoms with van der Waals surface area (Å²) in [6.07, 6.45) is 2.70. The molecule has 1 heterocycles. The lowest BCUT2D eigenvalue weighted by atomic mass is 10.2. The van der Waals surface area contributed by atoms with E-state index >= 15 is 0 Å². The number of rotatable bonds is 8. The van der Waals surface area contributed by atoms with Gasteiger partial charge < -0.3 is 20.1 Å². The number of pyridine rings is 1. The third kappa shape index (κ3) is 7.79. The van der Waals surface area contributed by atoms with Crippen LogP contribution < -0.4 is 15.4 Å². The van der Waals surface area contributed by atoms with Crippen molar-refractivity contribution in [2.45, 2.75) is 32.9 Å². The van der Waals surface area contributed by atoms with Crippen LogP contribution in [0.3, 0.4) is 0 Å². The Balaban J connectivity index is 0.00000441. The van der Waals surface area contributed by atoms with Crippen molar-refractivity contribution in [1.29, 1.82) is 0 Å². The number of methoxy groups -OCH3 is 1. The molecule has 1 atom stereocenters. The Morgan fingerprint density at radius 2 is 2.23 bits per heavy atom. The van der Waals surface area contributed by atoms with E-state index in [0.717, 1.165) is 17.9 Å². The first-order valence-electron chi connectivity index (χ1n) is 7.24. The van der Waals surface area contributed by atoms with Crippen molar-refractivity contribution in [1.82, 2.24) is 15.6 Å². The average Bonchev–Trinajstić information content (AvgIpc) is 2.50. The summed E-state index contributed by atoms with van der Waals surface area (Å²) in [6, 6.07) is 4.09. The van der Waals surface area contributed by atoms with Crippen LogP contribution in [0.25, 0.3) is 0 Å².